The van der Waals surface area contributed by atoms with Crippen LogP contribution in [-0.2, 0) is 5.41 Å². The van der Waals surface area contributed by atoms with E-state index in [4.69, 9.17) is 5.73 Å². The van der Waals surface area contributed by atoms with Crippen LogP contribution in [0, 0.1) is 11.8 Å². The van der Waals surface area contributed by atoms with Gasteiger partial charge in [0.15, 0.2) is 0 Å². The Balaban J connectivity index is 2.14. The topological polar surface area (TPSA) is 26.0 Å². The van der Waals surface area contributed by atoms with Crippen LogP contribution in [0.25, 0.3) is 0 Å². The van der Waals surface area contributed by atoms with E-state index in [-0.39, 0.29) is 11.5 Å². The average Bonchev–Trinajstić information content (AvgIpc) is 2.45. The third-order valence-electron chi connectivity index (χ3n) is 5.12. The predicted octanol–water partition coefficient (Wildman–Crippen LogP) is 5.20. The molecule has 0 heterocycles. The summed E-state index contributed by atoms with van der Waals surface area (Å²) >= 11 is 0. The molecule has 0 aliphatic heterocycles. The smallest absolute Gasteiger partial charge is 0.0326 e. The largest absolute Gasteiger partial charge is 0.324 e. The minimum atomic E-state index is 0.217. The van der Waals surface area contributed by atoms with Gasteiger partial charge in [0.1, 0.15) is 0 Å². The summed E-state index contributed by atoms with van der Waals surface area (Å²) in [6.45, 7) is 9.10. The van der Waals surface area contributed by atoms with Crippen LogP contribution in [0.15, 0.2) is 24.3 Å². The molecule has 3 atom stereocenters. The second kappa shape index (κ2) is 6.30. The summed E-state index contributed by atoms with van der Waals surface area (Å²) < 4.78 is 0. The van der Waals surface area contributed by atoms with E-state index in [1.807, 2.05) is 0 Å². The molecule has 1 nitrogen and oxygen atoms in total. The van der Waals surface area contributed by atoms with Crippen molar-refractivity contribution in [1.29, 1.82) is 0 Å². The molecule has 0 bridgehead atoms. The van der Waals surface area contributed by atoms with Crippen LogP contribution in [0.2, 0.25) is 0 Å². The quantitative estimate of drug-likeness (QED) is 0.804. The van der Waals surface area contributed by atoms with Gasteiger partial charge in [0.2, 0.25) is 0 Å². The van der Waals surface area contributed by atoms with E-state index in [2.05, 4.69) is 52.0 Å². The number of hydrogen-bond acceptors (Lipinski definition) is 1. The van der Waals surface area contributed by atoms with Crippen molar-refractivity contribution in [1.82, 2.24) is 0 Å². The molecule has 1 saturated carbocycles. The maximum atomic E-state index is 6.59. The van der Waals surface area contributed by atoms with Crippen molar-refractivity contribution in [2.24, 2.45) is 17.6 Å². The lowest BCUT2D eigenvalue weighted by Gasteiger charge is -2.35. The van der Waals surface area contributed by atoms with E-state index < -0.39 is 0 Å². The van der Waals surface area contributed by atoms with Crippen LogP contribution in [-0.4, -0.2) is 0 Å². The monoisotopic (exact) mass is 273 g/mol. The second-order valence-corrected chi connectivity index (χ2v) is 7.51. The highest BCUT2D eigenvalue weighted by Gasteiger charge is 2.29. The standard InChI is InChI=1S/C19H31N/c1-5-14-8-6-7-9-17(14)18(20)15-10-12-16(13-11-15)19(2,3)4/h10-14,17-18H,5-9,20H2,1-4H3. The fourth-order valence-electron chi connectivity index (χ4n) is 3.67. The van der Waals surface area contributed by atoms with Gasteiger partial charge in [-0.05, 0) is 34.8 Å². The third kappa shape index (κ3) is 3.44. The van der Waals surface area contributed by atoms with Crippen LogP contribution in [0.4, 0.5) is 0 Å². The zero-order valence-electron chi connectivity index (χ0n) is 13.7. The van der Waals surface area contributed by atoms with Gasteiger partial charge in [-0.25, -0.2) is 0 Å². The number of benzene rings is 1. The van der Waals surface area contributed by atoms with Gasteiger partial charge in [-0.1, -0.05) is 77.6 Å². The molecule has 1 aliphatic rings. The maximum Gasteiger partial charge on any atom is 0.0326 e. The molecule has 0 spiro atoms. The van der Waals surface area contributed by atoms with E-state index in [9.17, 15) is 0 Å². The van der Waals surface area contributed by atoms with Crippen LogP contribution in [0.3, 0.4) is 0 Å². The Bertz CT molecular complexity index is 412. The van der Waals surface area contributed by atoms with Crippen LogP contribution in [0.1, 0.15) is 77.0 Å². The van der Waals surface area contributed by atoms with Gasteiger partial charge in [-0.2, -0.15) is 0 Å². The zero-order valence-corrected chi connectivity index (χ0v) is 13.7. The molecule has 1 aromatic carbocycles. The first-order valence-electron chi connectivity index (χ1n) is 8.29. The molecule has 1 aromatic rings. The van der Waals surface area contributed by atoms with Gasteiger partial charge < -0.3 is 5.73 Å². The molecule has 1 heteroatoms. The SMILES string of the molecule is CCC1CCCCC1C(N)c1ccc(C(C)(C)C)cc1. The first-order chi connectivity index (χ1) is 9.43. The van der Waals surface area contributed by atoms with Crippen LogP contribution >= 0.6 is 0 Å². The minimum absolute atomic E-state index is 0.217. The van der Waals surface area contributed by atoms with E-state index in [0.29, 0.717) is 5.92 Å². The van der Waals surface area contributed by atoms with E-state index >= 15 is 0 Å². The van der Waals surface area contributed by atoms with Crippen molar-refractivity contribution in [3.05, 3.63) is 35.4 Å². The number of nitrogens with two attached hydrogens (primary N) is 1. The number of hydrogen-bond donors (Lipinski definition) is 1. The molecule has 0 amide bonds. The van der Waals surface area contributed by atoms with Crippen molar-refractivity contribution < 1.29 is 0 Å². The normalized spacial score (nSPS) is 25.4. The van der Waals surface area contributed by atoms with E-state index in [0.717, 1.165) is 5.92 Å². The molecule has 3 unspecified atom stereocenters. The summed E-state index contributed by atoms with van der Waals surface area (Å²) in [6.07, 6.45) is 6.70. The fourth-order valence-corrected chi connectivity index (χ4v) is 3.67. The maximum absolute atomic E-state index is 6.59. The Morgan fingerprint density at radius 2 is 1.70 bits per heavy atom. The van der Waals surface area contributed by atoms with Crippen molar-refractivity contribution in [3.63, 3.8) is 0 Å². The summed E-state index contributed by atoms with van der Waals surface area (Å²) in [5.41, 5.74) is 9.53. The van der Waals surface area contributed by atoms with Crippen molar-refractivity contribution >= 4 is 0 Å². The lowest BCUT2D eigenvalue weighted by molar-refractivity contribution is 0.196. The van der Waals surface area contributed by atoms with E-state index in [1.165, 1.54) is 43.2 Å². The highest BCUT2D eigenvalue weighted by atomic mass is 14.7. The Hall–Kier alpha value is -0.820. The van der Waals surface area contributed by atoms with Crippen molar-refractivity contribution in [2.45, 2.75) is 71.3 Å². The fraction of sp³-hybridized carbons (Fsp3) is 0.684. The van der Waals surface area contributed by atoms with Gasteiger partial charge in [0, 0.05) is 6.04 Å². The van der Waals surface area contributed by atoms with Crippen LogP contribution in [0.5, 0.6) is 0 Å². The summed E-state index contributed by atoms with van der Waals surface area (Å²) in [5.74, 6) is 1.50. The molecule has 2 rings (SSSR count). The first kappa shape index (κ1) is 15.6. The minimum Gasteiger partial charge on any atom is -0.324 e. The second-order valence-electron chi connectivity index (χ2n) is 7.51. The molecule has 20 heavy (non-hydrogen) atoms. The Labute approximate surface area is 125 Å². The third-order valence-corrected chi connectivity index (χ3v) is 5.12. The summed E-state index contributed by atoms with van der Waals surface area (Å²) in [4.78, 5) is 0. The summed E-state index contributed by atoms with van der Waals surface area (Å²) in [7, 11) is 0. The van der Waals surface area contributed by atoms with Crippen molar-refractivity contribution in [2.75, 3.05) is 0 Å². The van der Waals surface area contributed by atoms with Gasteiger partial charge in [-0.3, -0.25) is 0 Å². The molecule has 0 radical (unpaired) electrons. The molecule has 2 N–H and O–H groups in total. The molecular formula is C19H31N. The van der Waals surface area contributed by atoms with Gasteiger partial charge in [-0.15, -0.1) is 0 Å². The Morgan fingerprint density at radius 3 is 2.25 bits per heavy atom. The molecule has 0 saturated heterocycles. The first-order valence-corrected chi connectivity index (χ1v) is 8.29. The average molecular weight is 273 g/mol. The van der Waals surface area contributed by atoms with Crippen LogP contribution < -0.4 is 5.73 Å². The summed E-state index contributed by atoms with van der Waals surface area (Å²) in [6, 6.07) is 9.26. The molecular weight excluding hydrogens is 242 g/mol. The van der Waals surface area contributed by atoms with Gasteiger partial charge in [0.25, 0.3) is 0 Å². The lowest BCUT2D eigenvalue weighted by atomic mass is 9.72. The highest BCUT2D eigenvalue weighted by molar-refractivity contribution is 5.29. The molecule has 1 aliphatic carbocycles. The lowest BCUT2D eigenvalue weighted by Crippen LogP contribution is -2.30. The Morgan fingerprint density at radius 1 is 1.10 bits per heavy atom. The Kier molecular flexibility index (Phi) is 4.90. The van der Waals surface area contributed by atoms with Gasteiger partial charge in [0.05, 0.1) is 0 Å². The highest BCUT2D eigenvalue weighted by Crippen LogP contribution is 2.39. The molecule has 112 valence electrons. The van der Waals surface area contributed by atoms with Crippen molar-refractivity contribution in [3.8, 4) is 0 Å². The summed E-state index contributed by atoms with van der Waals surface area (Å²) in [5, 5.41) is 0. The zero-order chi connectivity index (χ0) is 14.8. The molecule has 0 aromatic heterocycles. The van der Waals surface area contributed by atoms with Gasteiger partial charge >= 0.3 is 0 Å². The predicted molar refractivity (Wildman–Crippen MR) is 87.8 cm³/mol. The van der Waals surface area contributed by atoms with E-state index in [1.54, 1.807) is 0 Å². The number of rotatable bonds is 3. The molecule has 1 fully saturated rings.